The van der Waals surface area contributed by atoms with Crippen LogP contribution in [0.3, 0.4) is 0 Å². The lowest BCUT2D eigenvalue weighted by atomic mass is 9.83. The largest absolute Gasteiger partial charge is 0.507 e. The second-order valence-corrected chi connectivity index (χ2v) is 8.70. The van der Waals surface area contributed by atoms with Crippen molar-refractivity contribution in [1.82, 2.24) is 10.2 Å². The van der Waals surface area contributed by atoms with Gasteiger partial charge in [0.2, 0.25) is 0 Å². The molecule has 166 valence electrons. The summed E-state index contributed by atoms with van der Waals surface area (Å²) in [5.74, 6) is 0.834. The molecule has 6 nitrogen and oxygen atoms in total. The predicted molar refractivity (Wildman–Crippen MR) is 121 cm³/mol. The lowest BCUT2D eigenvalue weighted by Gasteiger charge is -2.40. The van der Waals surface area contributed by atoms with Gasteiger partial charge in [0.15, 0.2) is 0 Å². The number of nitrogens with two attached hydrogens (primary N) is 1. The summed E-state index contributed by atoms with van der Waals surface area (Å²) in [6, 6.07) is 13.3. The summed E-state index contributed by atoms with van der Waals surface area (Å²) in [4.78, 5) is 14.6. The highest BCUT2D eigenvalue weighted by molar-refractivity contribution is 5.94. The van der Waals surface area contributed by atoms with Crippen LogP contribution in [0.15, 0.2) is 42.5 Å². The summed E-state index contributed by atoms with van der Waals surface area (Å²) in [7, 11) is 0. The topological polar surface area (TPSA) is 87.8 Å². The zero-order valence-corrected chi connectivity index (χ0v) is 18.2. The van der Waals surface area contributed by atoms with Crippen molar-refractivity contribution in [2.24, 2.45) is 11.7 Å². The van der Waals surface area contributed by atoms with Gasteiger partial charge in [0, 0.05) is 37.2 Å². The molecule has 31 heavy (non-hydrogen) atoms. The van der Waals surface area contributed by atoms with Crippen LogP contribution >= 0.6 is 0 Å². The molecule has 1 amide bonds. The Morgan fingerprint density at radius 3 is 2.65 bits per heavy atom. The fourth-order valence-corrected chi connectivity index (χ4v) is 4.85. The van der Waals surface area contributed by atoms with Crippen molar-refractivity contribution in [2.75, 3.05) is 32.7 Å². The number of hydrogen-bond donors (Lipinski definition) is 3. The molecule has 1 fully saturated rings. The van der Waals surface area contributed by atoms with E-state index >= 15 is 0 Å². The van der Waals surface area contributed by atoms with Crippen LogP contribution in [-0.2, 0) is 11.2 Å². The molecule has 2 aromatic rings. The van der Waals surface area contributed by atoms with Crippen LogP contribution in [0.1, 0.15) is 46.0 Å². The normalized spacial score (nSPS) is 22.1. The Morgan fingerprint density at radius 1 is 1.19 bits per heavy atom. The first-order chi connectivity index (χ1) is 15.1. The number of amides is 1. The number of nitrogens with one attached hydrogen (secondary N) is 1. The Hall–Kier alpha value is -2.41. The van der Waals surface area contributed by atoms with Gasteiger partial charge < -0.3 is 25.8 Å². The van der Waals surface area contributed by atoms with Gasteiger partial charge in [-0.1, -0.05) is 30.3 Å². The molecule has 4 N–H and O–H groups in total. The number of phenolic OH excluding ortho intramolecular Hbond substituents is 1. The van der Waals surface area contributed by atoms with E-state index < -0.39 is 0 Å². The van der Waals surface area contributed by atoms with E-state index in [0.29, 0.717) is 30.3 Å². The van der Waals surface area contributed by atoms with Crippen LogP contribution in [-0.4, -0.2) is 54.7 Å². The number of carbonyl (C=O) groups excluding carboxylic acids is 1. The Bertz CT molecular complexity index is 894. The lowest BCUT2D eigenvalue weighted by Crippen LogP contribution is -2.44. The molecule has 0 spiro atoms. The van der Waals surface area contributed by atoms with Gasteiger partial charge in [-0.3, -0.25) is 4.79 Å². The minimum absolute atomic E-state index is 0.0207. The molecule has 1 saturated heterocycles. The standard InChI is InChI=1S/C25H33N3O3/c1-17-7-8-20-21(24(17)29)15-22(31-23(20)16-26)18-9-12-28(13-10-18)14-11-27-25(30)19-5-3-2-4-6-19/h2-8,18,22-23,29H,9-16,26H2,1H3,(H,27,30)/t22-,23-/m0/s1. The first kappa shape index (κ1) is 21.8. The maximum atomic E-state index is 12.2. The molecular weight excluding hydrogens is 390 g/mol. The van der Waals surface area contributed by atoms with Gasteiger partial charge in [0.1, 0.15) is 5.75 Å². The van der Waals surface area contributed by atoms with Crippen molar-refractivity contribution in [2.45, 2.75) is 38.4 Å². The highest BCUT2D eigenvalue weighted by Gasteiger charge is 2.35. The summed E-state index contributed by atoms with van der Waals surface area (Å²) >= 11 is 0. The van der Waals surface area contributed by atoms with Crippen LogP contribution in [0, 0.1) is 12.8 Å². The molecule has 0 aliphatic carbocycles. The summed E-state index contributed by atoms with van der Waals surface area (Å²) < 4.78 is 6.38. The van der Waals surface area contributed by atoms with Crippen LogP contribution in [0.25, 0.3) is 0 Å². The number of phenols is 1. The number of fused-ring (bicyclic) bond motifs is 1. The first-order valence-corrected chi connectivity index (χ1v) is 11.3. The average Bonchev–Trinajstić information content (AvgIpc) is 2.82. The number of aryl methyl sites for hydroxylation is 1. The Labute approximate surface area is 184 Å². The van der Waals surface area contributed by atoms with Crippen molar-refractivity contribution in [3.8, 4) is 5.75 Å². The Kier molecular flexibility index (Phi) is 6.90. The van der Waals surface area contributed by atoms with Gasteiger partial charge in [-0.25, -0.2) is 0 Å². The van der Waals surface area contributed by atoms with E-state index in [9.17, 15) is 9.90 Å². The molecule has 0 saturated carbocycles. The zero-order chi connectivity index (χ0) is 21.8. The highest BCUT2D eigenvalue weighted by Crippen LogP contribution is 2.40. The van der Waals surface area contributed by atoms with E-state index in [-0.39, 0.29) is 18.1 Å². The van der Waals surface area contributed by atoms with Gasteiger partial charge in [-0.2, -0.15) is 0 Å². The smallest absolute Gasteiger partial charge is 0.251 e. The van der Waals surface area contributed by atoms with E-state index in [1.54, 1.807) is 0 Å². The predicted octanol–water partition coefficient (Wildman–Crippen LogP) is 2.78. The molecule has 2 heterocycles. The Morgan fingerprint density at radius 2 is 1.94 bits per heavy atom. The molecular formula is C25H33N3O3. The third kappa shape index (κ3) is 4.92. The number of ether oxygens (including phenoxy) is 1. The third-order valence-corrected chi connectivity index (χ3v) is 6.73. The van der Waals surface area contributed by atoms with E-state index in [1.165, 1.54) is 0 Å². The fraction of sp³-hybridized carbons (Fsp3) is 0.480. The number of piperidine rings is 1. The SMILES string of the molecule is Cc1ccc2c(c1O)C[C@@H](C1CCN(CCNC(=O)c3ccccc3)CC1)O[C@H]2CN. The van der Waals surface area contributed by atoms with Crippen LogP contribution in [0.4, 0.5) is 0 Å². The number of hydrogen-bond acceptors (Lipinski definition) is 5. The number of likely N-dealkylation sites (tertiary alicyclic amines) is 1. The number of rotatable bonds is 6. The van der Waals surface area contributed by atoms with Crippen molar-refractivity contribution >= 4 is 5.91 Å². The van der Waals surface area contributed by atoms with E-state index in [2.05, 4.69) is 10.2 Å². The average molecular weight is 424 g/mol. The molecule has 6 heteroatoms. The van der Waals surface area contributed by atoms with Gasteiger partial charge in [0.05, 0.1) is 12.2 Å². The molecule has 2 atom stereocenters. The minimum Gasteiger partial charge on any atom is -0.507 e. The molecule has 2 aliphatic heterocycles. The van der Waals surface area contributed by atoms with E-state index in [4.69, 9.17) is 10.5 Å². The molecule has 0 aromatic heterocycles. The van der Waals surface area contributed by atoms with Gasteiger partial charge in [-0.05, 0) is 62.0 Å². The molecule has 2 aromatic carbocycles. The monoisotopic (exact) mass is 423 g/mol. The first-order valence-electron chi connectivity index (χ1n) is 11.3. The van der Waals surface area contributed by atoms with Crippen molar-refractivity contribution in [3.63, 3.8) is 0 Å². The second-order valence-electron chi connectivity index (χ2n) is 8.70. The fourth-order valence-electron chi connectivity index (χ4n) is 4.85. The summed E-state index contributed by atoms with van der Waals surface area (Å²) in [5.41, 5.74) is 9.64. The molecule has 2 aliphatic rings. The molecule has 0 radical (unpaired) electrons. The number of nitrogens with zero attached hydrogens (tertiary/aromatic N) is 1. The maximum absolute atomic E-state index is 12.2. The molecule has 0 unspecified atom stereocenters. The number of carbonyl (C=O) groups is 1. The minimum atomic E-state index is -0.147. The van der Waals surface area contributed by atoms with Gasteiger partial charge in [-0.15, -0.1) is 0 Å². The molecule has 4 rings (SSSR count). The second kappa shape index (κ2) is 9.81. The maximum Gasteiger partial charge on any atom is 0.251 e. The van der Waals surface area contributed by atoms with Gasteiger partial charge >= 0.3 is 0 Å². The van der Waals surface area contributed by atoms with E-state index in [0.717, 1.165) is 55.6 Å². The highest BCUT2D eigenvalue weighted by atomic mass is 16.5. The lowest BCUT2D eigenvalue weighted by molar-refractivity contribution is -0.0645. The van der Waals surface area contributed by atoms with Crippen molar-refractivity contribution in [1.29, 1.82) is 0 Å². The number of aromatic hydroxyl groups is 1. The Balaban J connectivity index is 1.28. The van der Waals surface area contributed by atoms with Crippen LogP contribution in [0.5, 0.6) is 5.75 Å². The zero-order valence-electron chi connectivity index (χ0n) is 18.2. The van der Waals surface area contributed by atoms with Gasteiger partial charge in [0.25, 0.3) is 5.91 Å². The van der Waals surface area contributed by atoms with Crippen molar-refractivity contribution < 1.29 is 14.6 Å². The van der Waals surface area contributed by atoms with Crippen molar-refractivity contribution in [3.05, 3.63) is 64.7 Å². The quantitative estimate of drug-likeness (QED) is 0.665. The molecule has 0 bridgehead atoms. The number of benzene rings is 2. The van der Waals surface area contributed by atoms with E-state index in [1.807, 2.05) is 49.4 Å². The summed E-state index contributed by atoms with van der Waals surface area (Å²) in [6.07, 6.45) is 2.80. The van der Waals surface area contributed by atoms with Crippen LogP contribution in [0.2, 0.25) is 0 Å². The summed E-state index contributed by atoms with van der Waals surface area (Å²) in [6.45, 7) is 5.84. The van der Waals surface area contributed by atoms with Crippen LogP contribution < -0.4 is 11.1 Å². The summed E-state index contributed by atoms with van der Waals surface area (Å²) in [5, 5.41) is 13.6. The third-order valence-electron chi connectivity index (χ3n) is 6.73.